The maximum atomic E-state index is 5.30. The molecule has 0 amide bonds. The second kappa shape index (κ2) is 9.50. The Labute approximate surface area is 191 Å². The van der Waals surface area contributed by atoms with Crippen LogP contribution in [0.3, 0.4) is 0 Å². The molecule has 2 aromatic heterocycles. The average molecular weight is 447 g/mol. The first kappa shape index (κ1) is 20.7. The summed E-state index contributed by atoms with van der Waals surface area (Å²) in [7, 11) is 1.70. The van der Waals surface area contributed by atoms with Crippen molar-refractivity contribution >= 4 is 17.0 Å². The van der Waals surface area contributed by atoms with Gasteiger partial charge < -0.3 is 9.64 Å². The van der Waals surface area contributed by atoms with Gasteiger partial charge in [-0.1, -0.05) is 36.4 Å². The monoisotopic (exact) mass is 446 g/mol. The number of nitrogens with zero attached hydrogens (tertiary/aromatic N) is 6. The van der Waals surface area contributed by atoms with Gasteiger partial charge in [-0.15, -0.1) is 16.4 Å². The first-order valence-corrected chi connectivity index (χ1v) is 11.7. The number of hydrogen-bond donors (Lipinski definition) is 0. The van der Waals surface area contributed by atoms with Crippen molar-refractivity contribution < 1.29 is 4.74 Å². The first-order chi connectivity index (χ1) is 15.8. The molecule has 3 heterocycles. The number of aromatic nitrogens is 4. The fourth-order valence-electron chi connectivity index (χ4n) is 4.26. The van der Waals surface area contributed by atoms with Gasteiger partial charge in [0.05, 0.1) is 19.7 Å². The van der Waals surface area contributed by atoms with Gasteiger partial charge in [0.15, 0.2) is 5.82 Å². The Kier molecular flexibility index (Phi) is 6.13. The lowest BCUT2D eigenvalue weighted by molar-refractivity contribution is 0.201. The Morgan fingerprint density at radius 1 is 0.938 bits per heavy atom. The van der Waals surface area contributed by atoms with Crippen LogP contribution >= 0.6 is 11.3 Å². The van der Waals surface area contributed by atoms with Crippen LogP contribution in [0.15, 0.2) is 72.1 Å². The van der Waals surface area contributed by atoms with Gasteiger partial charge in [0.25, 0.3) is 0 Å². The van der Waals surface area contributed by atoms with E-state index in [1.54, 1.807) is 18.4 Å². The molecule has 0 aliphatic carbocycles. The number of thiophene rings is 1. The van der Waals surface area contributed by atoms with Gasteiger partial charge in [0, 0.05) is 36.7 Å². The Hall–Kier alpha value is -3.23. The number of benzene rings is 2. The summed E-state index contributed by atoms with van der Waals surface area (Å²) >= 11 is 1.73. The lowest BCUT2D eigenvalue weighted by atomic mass is 10.0. The normalized spacial score (nSPS) is 15.6. The number of ether oxygens (including phenoxy) is 1. The highest BCUT2D eigenvalue weighted by molar-refractivity contribution is 7.09. The molecule has 1 aliphatic heterocycles. The molecule has 5 rings (SSSR count). The lowest BCUT2D eigenvalue weighted by Crippen LogP contribution is -2.48. The SMILES string of the molecule is COc1ccc(N2CCN([C@@H](c3ccccc3)c3nnnn3Cc3cccs3)CC2)cc1. The third-order valence-electron chi connectivity index (χ3n) is 5.92. The van der Waals surface area contributed by atoms with E-state index in [2.05, 4.69) is 85.3 Å². The van der Waals surface area contributed by atoms with E-state index in [0.717, 1.165) is 37.8 Å². The predicted molar refractivity (Wildman–Crippen MR) is 126 cm³/mol. The van der Waals surface area contributed by atoms with Crippen LogP contribution in [0.25, 0.3) is 0 Å². The highest BCUT2D eigenvalue weighted by atomic mass is 32.1. The number of tetrazole rings is 1. The second-order valence-corrected chi connectivity index (χ2v) is 8.84. The molecule has 32 heavy (non-hydrogen) atoms. The molecule has 0 radical (unpaired) electrons. The van der Waals surface area contributed by atoms with Crippen molar-refractivity contribution in [2.24, 2.45) is 0 Å². The summed E-state index contributed by atoms with van der Waals surface area (Å²) in [6, 6.07) is 23.1. The molecule has 1 atom stereocenters. The van der Waals surface area contributed by atoms with Crippen molar-refractivity contribution in [1.82, 2.24) is 25.1 Å². The summed E-state index contributed by atoms with van der Waals surface area (Å²) in [4.78, 5) is 6.16. The largest absolute Gasteiger partial charge is 0.497 e. The minimum absolute atomic E-state index is 0.0178. The van der Waals surface area contributed by atoms with Gasteiger partial charge in [-0.25, -0.2) is 4.68 Å². The smallest absolute Gasteiger partial charge is 0.173 e. The van der Waals surface area contributed by atoms with Crippen LogP contribution < -0.4 is 9.64 Å². The van der Waals surface area contributed by atoms with E-state index < -0.39 is 0 Å². The summed E-state index contributed by atoms with van der Waals surface area (Å²) in [6.07, 6.45) is 0. The fourth-order valence-corrected chi connectivity index (χ4v) is 4.95. The van der Waals surface area contributed by atoms with Crippen molar-refractivity contribution in [3.63, 3.8) is 0 Å². The summed E-state index contributed by atoms with van der Waals surface area (Å²) in [5, 5.41) is 14.9. The zero-order valence-electron chi connectivity index (χ0n) is 18.0. The number of anilines is 1. The molecule has 8 heteroatoms. The molecule has 1 fully saturated rings. The zero-order valence-corrected chi connectivity index (χ0v) is 18.9. The molecule has 1 saturated heterocycles. The third-order valence-corrected chi connectivity index (χ3v) is 6.78. The quantitative estimate of drug-likeness (QED) is 0.431. The molecule has 0 bridgehead atoms. The van der Waals surface area contributed by atoms with Crippen molar-refractivity contribution in [1.29, 1.82) is 0 Å². The van der Waals surface area contributed by atoms with E-state index in [1.165, 1.54) is 16.1 Å². The summed E-state index contributed by atoms with van der Waals surface area (Å²) < 4.78 is 7.24. The van der Waals surface area contributed by atoms with Crippen LogP contribution in [-0.2, 0) is 6.54 Å². The molecule has 4 aromatic rings. The molecule has 0 saturated carbocycles. The summed E-state index contributed by atoms with van der Waals surface area (Å²) in [5.41, 5.74) is 2.44. The van der Waals surface area contributed by atoms with Crippen molar-refractivity contribution in [3.8, 4) is 5.75 Å². The minimum atomic E-state index is 0.0178. The van der Waals surface area contributed by atoms with E-state index in [9.17, 15) is 0 Å². The average Bonchev–Trinajstić information content (AvgIpc) is 3.54. The number of piperazine rings is 1. The fraction of sp³-hybridized carbons (Fsp3) is 0.292. The Bertz CT molecular complexity index is 1110. The summed E-state index contributed by atoms with van der Waals surface area (Å²) in [6.45, 7) is 4.44. The second-order valence-electron chi connectivity index (χ2n) is 7.81. The lowest BCUT2D eigenvalue weighted by Gasteiger charge is -2.40. The molecule has 7 nitrogen and oxygen atoms in total. The van der Waals surface area contributed by atoms with Crippen molar-refractivity contribution in [2.45, 2.75) is 12.6 Å². The highest BCUT2D eigenvalue weighted by Crippen LogP contribution is 2.30. The molecule has 1 aliphatic rings. The van der Waals surface area contributed by atoms with E-state index in [0.29, 0.717) is 6.54 Å². The predicted octanol–water partition coefficient (Wildman–Crippen LogP) is 3.70. The van der Waals surface area contributed by atoms with Crippen molar-refractivity contribution in [2.75, 3.05) is 38.2 Å². The Balaban J connectivity index is 1.38. The number of methoxy groups -OCH3 is 1. The van der Waals surface area contributed by atoms with E-state index in [-0.39, 0.29) is 6.04 Å². The molecular weight excluding hydrogens is 420 g/mol. The van der Waals surface area contributed by atoms with Gasteiger partial charge in [0.1, 0.15) is 5.75 Å². The Morgan fingerprint density at radius 3 is 2.41 bits per heavy atom. The molecule has 0 spiro atoms. The van der Waals surface area contributed by atoms with E-state index in [4.69, 9.17) is 4.74 Å². The summed E-state index contributed by atoms with van der Waals surface area (Å²) in [5.74, 6) is 1.77. The van der Waals surface area contributed by atoms with Crippen LogP contribution in [0.4, 0.5) is 5.69 Å². The van der Waals surface area contributed by atoms with Gasteiger partial charge in [-0.05, 0) is 51.7 Å². The third kappa shape index (κ3) is 4.37. The molecule has 2 aromatic carbocycles. The van der Waals surface area contributed by atoms with Crippen molar-refractivity contribution in [3.05, 3.63) is 88.4 Å². The molecule has 0 unspecified atom stereocenters. The standard InChI is InChI=1S/C24H26N6OS/c1-31-21-11-9-20(10-12-21)28-13-15-29(16-14-28)23(19-6-3-2-4-7-19)24-25-26-27-30(24)18-22-8-5-17-32-22/h2-12,17,23H,13-16,18H2,1H3/t23-/m0/s1. The first-order valence-electron chi connectivity index (χ1n) is 10.8. The molecule has 164 valence electrons. The van der Waals surface area contributed by atoms with Crippen LogP contribution in [0.5, 0.6) is 5.75 Å². The van der Waals surface area contributed by atoms with Gasteiger partial charge >= 0.3 is 0 Å². The van der Waals surface area contributed by atoms with Gasteiger partial charge in [-0.2, -0.15) is 0 Å². The van der Waals surface area contributed by atoms with Crippen LogP contribution in [0, 0.1) is 0 Å². The number of hydrogen-bond acceptors (Lipinski definition) is 7. The number of rotatable bonds is 7. The topological polar surface area (TPSA) is 59.3 Å². The van der Waals surface area contributed by atoms with Gasteiger partial charge in [-0.3, -0.25) is 4.90 Å². The molecular formula is C24H26N6OS. The highest BCUT2D eigenvalue weighted by Gasteiger charge is 2.30. The minimum Gasteiger partial charge on any atom is -0.497 e. The van der Waals surface area contributed by atoms with Crippen LogP contribution in [-0.4, -0.2) is 58.4 Å². The maximum Gasteiger partial charge on any atom is 0.173 e. The molecule has 0 N–H and O–H groups in total. The zero-order chi connectivity index (χ0) is 21.8. The van der Waals surface area contributed by atoms with E-state index in [1.807, 2.05) is 16.8 Å². The Morgan fingerprint density at radius 2 is 1.72 bits per heavy atom. The van der Waals surface area contributed by atoms with Crippen LogP contribution in [0.1, 0.15) is 22.3 Å². The van der Waals surface area contributed by atoms with Crippen LogP contribution in [0.2, 0.25) is 0 Å². The van der Waals surface area contributed by atoms with Gasteiger partial charge in [0.2, 0.25) is 0 Å². The van der Waals surface area contributed by atoms with E-state index >= 15 is 0 Å². The maximum absolute atomic E-state index is 5.30.